The molecular weight excluding hydrogens is 400 g/mol. The molecule has 1 amide bonds. The Morgan fingerprint density at radius 2 is 1.97 bits per heavy atom. The zero-order valence-corrected chi connectivity index (χ0v) is 17.5. The van der Waals surface area contributed by atoms with E-state index in [9.17, 15) is 13.6 Å². The molecule has 1 saturated heterocycles. The minimum absolute atomic E-state index is 0.0247. The Morgan fingerprint density at radius 3 is 2.77 bits per heavy atom. The second-order valence-electron chi connectivity index (χ2n) is 8.07. The van der Waals surface area contributed by atoms with Crippen LogP contribution in [0, 0.1) is 17.6 Å². The summed E-state index contributed by atoms with van der Waals surface area (Å²) >= 11 is 0. The minimum Gasteiger partial charge on any atom is -0.371 e. The number of halogens is 2. The summed E-state index contributed by atoms with van der Waals surface area (Å²) in [5.41, 5.74) is 2.71. The van der Waals surface area contributed by atoms with Crippen molar-refractivity contribution in [2.24, 2.45) is 10.9 Å². The van der Waals surface area contributed by atoms with Crippen LogP contribution in [0.4, 0.5) is 20.2 Å². The van der Waals surface area contributed by atoms with Crippen molar-refractivity contribution in [2.45, 2.75) is 18.8 Å². The normalized spacial score (nSPS) is 20.9. The Morgan fingerprint density at radius 1 is 1.16 bits per heavy atom. The van der Waals surface area contributed by atoms with E-state index in [-0.39, 0.29) is 11.8 Å². The van der Waals surface area contributed by atoms with Gasteiger partial charge in [-0.3, -0.25) is 9.79 Å². The van der Waals surface area contributed by atoms with Gasteiger partial charge in [-0.1, -0.05) is 18.2 Å². The number of nitrogens with zero attached hydrogens (tertiary/aromatic N) is 2. The standard InChI is InChI=1S/C23H27F2N5O/c1-26-23(28-13-16-10-22(31)29-21-5-3-2-4-18(16)21)27-12-15-8-9-30(14-15)17-6-7-19(24)20(25)11-17/h2-7,11,15-16H,8-10,12-14H2,1H3,(H,29,31)(H2,26,27,28). The lowest BCUT2D eigenvalue weighted by atomic mass is 9.90. The lowest BCUT2D eigenvalue weighted by Gasteiger charge is -2.26. The first kappa shape index (κ1) is 21.1. The van der Waals surface area contributed by atoms with E-state index in [2.05, 4.69) is 25.8 Å². The summed E-state index contributed by atoms with van der Waals surface area (Å²) in [6.45, 7) is 2.90. The summed E-state index contributed by atoms with van der Waals surface area (Å²) < 4.78 is 26.7. The third kappa shape index (κ3) is 4.95. The van der Waals surface area contributed by atoms with E-state index in [1.807, 2.05) is 24.3 Å². The fourth-order valence-corrected chi connectivity index (χ4v) is 4.28. The van der Waals surface area contributed by atoms with E-state index in [4.69, 9.17) is 0 Å². The maximum atomic E-state index is 13.5. The highest BCUT2D eigenvalue weighted by Gasteiger charge is 2.26. The second-order valence-corrected chi connectivity index (χ2v) is 8.07. The van der Waals surface area contributed by atoms with Gasteiger partial charge in [-0.25, -0.2) is 8.78 Å². The lowest BCUT2D eigenvalue weighted by Crippen LogP contribution is -2.42. The van der Waals surface area contributed by atoms with Gasteiger partial charge >= 0.3 is 0 Å². The lowest BCUT2D eigenvalue weighted by molar-refractivity contribution is -0.116. The molecule has 4 rings (SSSR count). The molecule has 0 aromatic heterocycles. The first-order valence-electron chi connectivity index (χ1n) is 10.6. The molecular formula is C23H27F2N5O. The van der Waals surface area contributed by atoms with E-state index < -0.39 is 11.6 Å². The topological polar surface area (TPSA) is 68.8 Å². The Balaban J connectivity index is 1.28. The van der Waals surface area contributed by atoms with E-state index in [1.165, 1.54) is 12.1 Å². The molecule has 1 fully saturated rings. The molecule has 8 heteroatoms. The number of amides is 1. The molecule has 2 heterocycles. The van der Waals surface area contributed by atoms with Crippen molar-refractivity contribution in [1.29, 1.82) is 0 Å². The molecule has 3 N–H and O–H groups in total. The van der Waals surface area contributed by atoms with Crippen LogP contribution in [-0.2, 0) is 4.79 Å². The van der Waals surface area contributed by atoms with E-state index in [0.717, 1.165) is 37.3 Å². The molecule has 0 bridgehead atoms. The highest BCUT2D eigenvalue weighted by atomic mass is 19.2. The van der Waals surface area contributed by atoms with Gasteiger partial charge in [-0.15, -0.1) is 0 Å². The monoisotopic (exact) mass is 427 g/mol. The zero-order chi connectivity index (χ0) is 21.8. The minimum atomic E-state index is -0.825. The van der Waals surface area contributed by atoms with Crippen molar-refractivity contribution in [3.63, 3.8) is 0 Å². The smallest absolute Gasteiger partial charge is 0.225 e. The molecule has 164 valence electrons. The molecule has 0 radical (unpaired) electrons. The number of nitrogens with one attached hydrogen (secondary N) is 3. The molecule has 0 aliphatic carbocycles. The number of guanidine groups is 1. The van der Waals surface area contributed by atoms with Gasteiger partial charge in [0.25, 0.3) is 0 Å². The Bertz CT molecular complexity index is 980. The summed E-state index contributed by atoms with van der Waals surface area (Å²) in [7, 11) is 1.72. The number of hydrogen-bond donors (Lipinski definition) is 3. The molecule has 0 spiro atoms. The van der Waals surface area contributed by atoms with Gasteiger partial charge in [0.15, 0.2) is 17.6 Å². The summed E-state index contributed by atoms with van der Waals surface area (Å²) in [6.07, 6.45) is 1.39. The third-order valence-corrected chi connectivity index (χ3v) is 5.96. The van der Waals surface area contributed by atoms with Crippen molar-refractivity contribution in [1.82, 2.24) is 10.6 Å². The molecule has 0 saturated carbocycles. The number of anilines is 2. The van der Waals surface area contributed by atoms with E-state index >= 15 is 0 Å². The first-order chi connectivity index (χ1) is 15.0. The van der Waals surface area contributed by atoms with Crippen LogP contribution in [0.3, 0.4) is 0 Å². The predicted octanol–water partition coefficient (Wildman–Crippen LogP) is 3.08. The van der Waals surface area contributed by atoms with Crippen LogP contribution in [-0.4, -0.2) is 45.1 Å². The molecule has 2 aliphatic heterocycles. The second kappa shape index (κ2) is 9.32. The van der Waals surface area contributed by atoms with Crippen molar-refractivity contribution in [3.05, 3.63) is 59.7 Å². The number of benzene rings is 2. The van der Waals surface area contributed by atoms with Crippen LogP contribution in [0.5, 0.6) is 0 Å². The van der Waals surface area contributed by atoms with Crippen molar-refractivity contribution in [2.75, 3.05) is 43.4 Å². The first-order valence-corrected chi connectivity index (χ1v) is 10.6. The van der Waals surface area contributed by atoms with Crippen LogP contribution < -0.4 is 20.9 Å². The number of para-hydroxylation sites is 1. The van der Waals surface area contributed by atoms with Gasteiger partial charge < -0.3 is 20.9 Å². The number of aliphatic imine (C=N–C) groups is 1. The average molecular weight is 427 g/mol. The number of fused-ring (bicyclic) bond motifs is 1. The van der Waals surface area contributed by atoms with E-state index in [1.54, 1.807) is 13.1 Å². The fraction of sp³-hybridized carbons (Fsp3) is 0.391. The van der Waals surface area contributed by atoms with Crippen LogP contribution >= 0.6 is 0 Å². The Labute approximate surface area is 180 Å². The van der Waals surface area contributed by atoms with Crippen LogP contribution in [0.15, 0.2) is 47.5 Å². The zero-order valence-electron chi connectivity index (χ0n) is 17.5. The Kier molecular flexibility index (Phi) is 6.34. The highest BCUT2D eigenvalue weighted by Crippen LogP contribution is 2.31. The number of carbonyl (C=O) groups is 1. The summed E-state index contributed by atoms with van der Waals surface area (Å²) in [4.78, 5) is 18.4. The number of hydrogen-bond acceptors (Lipinski definition) is 3. The maximum Gasteiger partial charge on any atom is 0.225 e. The molecule has 31 heavy (non-hydrogen) atoms. The van der Waals surface area contributed by atoms with Gasteiger partial charge in [0.2, 0.25) is 5.91 Å². The van der Waals surface area contributed by atoms with Crippen LogP contribution in [0.25, 0.3) is 0 Å². The SMILES string of the molecule is CN=C(NCC1CCN(c2ccc(F)c(F)c2)C1)NCC1CC(=O)Nc2ccccc21. The van der Waals surface area contributed by atoms with Gasteiger partial charge in [0.1, 0.15) is 0 Å². The molecule has 2 aromatic rings. The molecule has 2 aromatic carbocycles. The van der Waals surface area contributed by atoms with Crippen molar-refractivity contribution in [3.8, 4) is 0 Å². The van der Waals surface area contributed by atoms with E-state index in [0.29, 0.717) is 30.5 Å². The number of carbonyl (C=O) groups excluding carboxylic acids is 1. The van der Waals surface area contributed by atoms with Gasteiger partial charge in [0.05, 0.1) is 0 Å². The summed E-state index contributed by atoms with van der Waals surface area (Å²) in [5, 5.41) is 9.61. The Hall–Kier alpha value is -3.16. The van der Waals surface area contributed by atoms with Crippen molar-refractivity contribution < 1.29 is 13.6 Å². The van der Waals surface area contributed by atoms with Gasteiger partial charge in [-0.05, 0) is 36.1 Å². The average Bonchev–Trinajstić information content (AvgIpc) is 3.24. The molecule has 2 unspecified atom stereocenters. The van der Waals surface area contributed by atoms with Crippen molar-refractivity contribution >= 4 is 23.2 Å². The molecule has 2 aliphatic rings. The van der Waals surface area contributed by atoms with Gasteiger partial charge in [0, 0.05) is 63.0 Å². The maximum absolute atomic E-state index is 13.5. The molecule has 6 nitrogen and oxygen atoms in total. The third-order valence-electron chi connectivity index (χ3n) is 5.96. The fourth-order valence-electron chi connectivity index (χ4n) is 4.28. The van der Waals surface area contributed by atoms with Crippen LogP contribution in [0.1, 0.15) is 24.3 Å². The quantitative estimate of drug-likeness (QED) is 0.507. The molecule has 2 atom stereocenters. The highest BCUT2D eigenvalue weighted by molar-refractivity contribution is 5.94. The van der Waals surface area contributed by atoms with Gasteiger partial charge in [-0.2, -0.15) is 0 Å². The van der Waals surface area contributed by atoms with Crippen LogP contribution in [0.2, 0.25) is 0 Å². The summed E-state index contributed by atoms with van der Waals surface area (Å²) in [6, 6.07) is 11.9. The predicted molar refractivity (Wildman–Crippen MR) is 118 cm³/mol. The largest absolute Gasteiger partial charge is 0.371 e. The number of rotatable bonds is 5. The summed E-state index contributed by atoms with van der Waals surface area (Å²) in [5.74, 6) is -0.478.